The van der Waals surface area contributed by atoms with E-state index in [2.05, 4.69) is 50.8 Å². The lowest BCUT2D eigenvalue weighted by Gasteiger charge is -2.37. The second kappa shape index (κ2) is 17.9. The highest BCUT2D eigenvalue weighted by molar-refractivity contribution is 5.75. The van der Waals surface area contributed by atoms with Crippen LogP contribution in [0, 0.1) is 11.8 Å². The molecule has 3 rings (SSSR count). The van der Waals surface area contributed by atoms with Crippen molar-refractivity contribution in [1.82, 2.24) is 0 Å². The molecule has 3 aliphatic rings. The number of hydrogen-bond acceptors (Lipinski definition) is 5. The monoisotopic (exact) mass is 558 g/mol. The van der Waals surface area contributed by atoms with Gasteiger partial charge in [-0.15, -0.1) is 0 Å². The maximum atomic E-state index is 12.5. The predicted molar refractivity (Wildman–Crippen MR) is 160 cm³/mol. The molecule has 3 fully saturated rings. The molecule has 226 valence electrons. The summed E-state index contributed by atoms with van der Waals surface area (Å²) < 4.78 is 23.6. The Labute approximate surface area is 242 Å². The number of hydrogen-bond donors (Lipinski definition) is 1. The molecule has 0 amide bonds. The molecule has 0 radical (unpaired) electrons. The molecule has 40 heavy (non-hydrogen) atoms. The Hall–Kier alpha value is -1.73. The van der Waals surface area contributed by atoms with Gasteiger partial charge in [0.15, 0.2) is 12.6 Å². The molecular formula is C34H54O6. The maximum absolute atomic E-state index is 12.5. The molecule has 0 aromatic heterocycles. The Morgan fingerprint density at radius 1 is 0.925 bits per heavy atom. The fourth-order valence-electron chi connectivity index (χ4n) is 5.88. The van der Waals surface area contributed by atoms with Crippen LogP contribution in [0.1, 0.15) is 117 Å². The Kier molecular flexibility index (Phi) is 14.7. The standard InChI is InChI=1S/C34H54O6/c1-27(2)17-9-6-4-5-7-10-18-29-23-22-28(3)30(29)19-11-8-14-24-34(33(35)36,39-31-20-12-15-25-37-31)40-32-21-13-16-26-38-32/h8,10-11,17-18,29-32H,3-7,9,12-16,19-26H2,1-2H3,(H,35,36)/t29-,30-,31?,32?,34?/m0/s1. The van der Waals surface area contributed by atoms with Crippen molar-refractivity contribution in [3.63, 3.8) is 0 Å². The number of carboxylic acid groups (broad SMARTS) is 1. The topological polar surface area (TPSA) is 74.2 Å². The van der Waals surface area contributed by atoms with Crippen molar-refractivity contribution < 1.29 is 28.8 Å². The molecule has 0 spiro atoms. The molecule has 2 aliphatic heterocycles. The first kappa shape index (κ1) is 32.8. The number of carbonyl (C=O) groups is 1. The third kappa shape index (κ3) is 11.3. The molecule has 2 unspecified atom stereocenters. The second-order valence-corrected chi connectivity index (χ2v) is 11.9. The van der Waals surface area contributed by atoms with Crippen LogP contribution in [0.3, 0.4) is 0 Å². The van der Waals surface area contributed by atoms with Gasteiger partial charge >= 0.3 is 5.97 Å². The molecule has 6 heteroatoms. The van der Waals surface area contributed by atoms with E-state index in [1.54, 1.807) is 0 Å². The van der Waals surface area contributed by atoms with Gasteiger partial charge in [-0.3, -0.25) is 0 Å². The lowest BCUT2D eigenvalue weighted by atomic mass is 9.90. The summed E-state index contributed by atoms with van der Waals surface area (Å²) in [7, 11) is 0. The fourth-order valence-corrected chi connectivity index (χ4v) is 5.88. The van der Waals surface area contributed by atoms with E-state index in [0.717, 1.165) is 44.9 Å². The SMILES string of the molecule is C=C1CC[C@H](C=CCCCCCC=C(C)C)[C@H]1CC=CCCC(OC1CCCCO1)(OC1CCCCO1)C(=O)O. The first-order valence-corrected chi connectivity index (χ1v) is 15.8. The fraction of sp³-hybridized carbons (Fsp3) is 0.735. The molecule has 2 heterocycles. The summed E-state index contributed by atoms with van der Waals surface area (Å²) >= 11 is 0. The summed E-state index contributed by atoms with van der Waals surface area (Å²) in [6.45, 7) is 9.84. The Bertz CT molecular complexity index is 822. The molecule has 1 N–H and O–H groups in total. The summed E-state index contributed by atoms with van der Waals surface area (Å²) in [6.07, 6.45) is 25.5. The Morgan fingerprint density at radius 2 is 1.60 bits per heavy atom. The highest BCUT2D eigenvalue weighted by atomic mass is 16.8. The normalized spacial score (nSPS) is 27.3. The van der Waals surface area contributed by atoms with Crippen molar-refractivity contribution in [3.05, 3.63) is 48.1 Å². The van der Waals surface area contributed by atoms with Crippen LogP contribution in [0.2, 0.25) is 0 Å². The van der Waals surface area contributed by atoms with Crippen LogP contribution in [0.15, 0.2) is 48.1 Å². The molecule has 1 saturated carbocycles. The molecule has 2 saturated heterocycles. The lowest BCUT2D eigenvalue weighted by molar-refractivity contribution is -0.352. The van der Waals surface area contributed by atoms with E-state index in [0.29, 0.717) is 44.3 Å². The summed E-state index contributed by atoms with van der Waals surface area (Å²) in [6, 6.07) is 0. The quantitative estimate of drug-likeness (QED) is 0.109. The number of allylic oxidation sites excluding steroid dienone is 7. The van der Waals surface area contributed by atoms with Gasteiger partial charge in [-0.1, -0.05) is 54.5 Å². The van der Waals surface area contributed by atoms with Gasteiger partial charge in [-0.2, -0.15) is 0 Å². The van der Waals surface area contributed by atoms with Crippen LogP contribution < -0.4 is 0 Å². The van der Waals surface area contributed by atoms with Gasteiger partial charge in [-0.05, 0) is 116 Å². The van der Waals surface area contributed by atoms with Crippen LogP contribution in [-0.4, -0.2) is 42.7 Å². The van der Waals surface area contributed by atoms with E-state index in [9.17, 15) is 9.90 Å². The van der Waals surface area contributed by atoms with Gasteiger partial charge in [0, 0.05) is 19.6 Å². The zero-order valence-electron chi connectivity index (χ0n) is 25.1. The van der Waals surface area contributed by atoms with E-state index in [1.165, 1.54) is 43.3 Å². The Morgan fingerprint density at radius 3 is 2.20 bits per heavy atom. The predicted octanol–water partition coefficient (Wildman–Crippen LogP) is 8.64. The van der Waals surface area contributed by atoms with Crippen molar-refractivity contribution in [2.24, 2.45) is 11.8 Å². The summed E-state index contributed by atoms with van der Waals surface area (Å²) in [4.78, 5) is 12.5. The first-order chi connectivity index (χ1) is 19.4. The molecular weight excluding hydrogens is 504 g/mol. The first-order valence-electron chi connectivity index (χ1n) is 15.8. The van der Waals surface area contributed by atoms with Gasteiger partial charge in [0.25, 0.3) is 5.79 Å². The highest BCUT2D eigenvalue weighted by Crippen LogP contribution is 2.39. The van der Waals surface area contributed by atoms with Crippen molar-refractivity contribution in [1.29, 1.82) is 0 Å². The van der Waals surface area contributed by atoms with Gasteiger partial charge in [-0.25, -0.2) is 4.79 Å². The van der Waals surface area contributed by atoms with Crippen LogP contribution in [0.4, 0.5) is 0 Å². The third-order valence-electron chi connectivity index (χ3n) is 8.29. The van der Waals surface area contributed by atoms with Crippen molar-refractivity contribution in [2.75, 3.05) is 13.2 Å². The lowest BCUT2D eigenvalue weighted by Crippen LogP contribution is -2.51. The van der Waals surface area contributed by atoms with E-state index < -0.39 is 24.3 Å². The summed E-state index contributed by atoms with van der Waals surface area (Å²) in [5, 5.41) is 10.3. The van der Waals surface area contributed by atoms with E-state index in [-0.39, 0.29) is 6.42 Å². The summed E-state index contributed by atoms with van der Waals surface area (Å²) in [5.74, 6) is -1.90. The van der Waals surface area contributed by atoms with E-state index in [1.807, 2.05) is 0 Å². The third-order valence-corrected chi connectivity index (χ3v) is 8.29. The largest absolute Gasteiger partial charge is 0.477 e. The number of rotatable bonds is 17. The average molecular weight is 559 g/mol. The molecule has 6 nitrogen and oxygen atoms in total. The number of unbranched alkanes of at least 4 members (excludes halogenated alkanes) is 4. The number of carboxylic acids is 1. The minimum absolute atomic E-state index is 0.209. The highest BCUT2D eigenvalue weighted by Gasteiger charge is 2.46. The van der Waals surface area contributed by atoms with Crippen molar-refractivity contribution in [3.8, 4) is 0 Å². The molecule has 4 atom stereocenters. The smallest absolute Gasteiger partial charge is 0.364 e. The number of aliphatic carboxylic acids is 1. The molecule has 0 bridgehead atoms. The van der Waals surface area contributed by atoms with E-state index in [4.69, 9.17) is 18.9 Å². The van der Waals surface area contributed by atoms with Crippen molar-refractivity contribution >= 4 is 5.97 Å². The van der Waals surface area contributed by atoms with Crippen LogP contribution in [-0.2, 0) is 23.7 Å². The van der Waals surface area contributed by atoms with Crippen LogP contribution in [0.5, 0.6) is 0 Å². The van der Waals surface area contributed by atoms with Gasteiger partial charge < -0.3 is 24.1 Å². The Balaban J connectivity index is 1.49. The second-order valence-electron chi connectivity index (χ2n) is 11.9. The van der Waals surface area contributed by atoms with E-state index >= 15 is 0 Å². The van der Waals surface area contributed by atoms with Gasteiger partial charge in [0.2, 0.25) is 0 Å². The zero-order valence-corrected chi connectivity index (χ0v) is 25.1. The molecule has 0 aromatic rings. The van der Waals surface area contributed by atoms with Crippen LogP contribution in [0.25, 0.3) is 0 Å². The minimum atomic E-state index is -1.78. The zero-order chi connectivity index (χ0) is 28.6. The molecule has 1 aliphatic carbocycles. The van der Waals surface area contributed by atoms with Gasteiger partial charge in [0.1, 0.15) is 0 Å². The van der Waals surface area contributed by atoms with Crippen LogP contribution >= 0.6 is 0 Å². The molecule has 0 aromatic carbocycles. The minimum Gasteiger partial charge on any atom is -0.477 e. The van der Waals surface area contributed by atoms with Gasteiger partial charge in [0.05, 0.1) is 0 Å². The number of ether oxygens (including phenoxy) is 4. The van der Waals surface area contributed by atoms with Crippen molar-refractivity contribution in [2.45, 2.75) is 135 Å². The summed E-state index contributed by atoms with van der Waals surface area (Å²) in [5.41, 5.74) is 2.74. The average Bonchev–Trinajstić information content (AvgIpc) is 3.29. The maximum Gasteiger partial charge on any atom is 0.364 e.